The van der Waals surface area contributed by atoms with E-state index < -0.39 is 0 Å². The minimum absolute atomic E-state index is 0.0770. The average Bonchev–Trinajstić information content (AvgIpc) is 2.62. The van der Waals surface area contributed by atoms with Crippen molar-refractivity contribution in [3.05, 3.63) is 23.9 Å². The van der Waals surface area contributed by atoms with Gasteiger partial charge in [-0.25, -0.2) is 4.98 Å². The van der Waals surface area contributed by atoms with Gasteiger partial charge in [0.25, 0.3) is 5.91 Å². The number of likely N-dealkylation sites (N-methyl/N-ethyl adjacent to an activating group) is 1. The van der Waals surface area contributed by atoms with E-state index in [1.165, 1.54) is 0 Å². The summed E-state index contributed by atoms with van der Waals surface area (Å²) >= 11 is 0. The van der Waals surface area contributed by atoms with E-state index in [9.17, 15) is 4.79 Å². The predicted molar refractivity (Wildman–Crippen MR) is 95.8 cm³/mol. The number of carbonyl (C=O) groups is 1. The number of rotatable bonds is 3. The van der Waals surface area contributed by atoms with Crippen LogP contribution in [0.1, 0.15) is 30.1 Å². The van der Waals surface area contributed by atoms with E-state index in [4.69, 9.17) is 5.73 Å². The number of amides is 1. The molecule has 2 aliphatic heterocycles. The summed E-state index contributed by atoms with van der Waals surface area (Å²) in [4.78, 5) is 23.5. The summed E-state index contributed by atoms with van der Waals surface area (Å²) in [6.07, 6.45) is 3.75. The van der Waals surface area contributed by atoms with Gasteiger partial charge in [-0.2, -0.15) is 0 Å². The number of piperidine rings is 1. The van der Waals surface area contributed by atoms with Crippen LogP contribution in [0.3, 0.4) is 0 Å². The molecule has 0 saturated carbocycles. The van der Waals surface area contributed by atoms with Crippen molar-refractivity contribution in [2.24, 2.45) is 5.92 Å². The number of hydrogen-bond donors (Lipinski definition) is 1. The quantitative estimate of drug-likeness (QED) is 0.900. The van der Waals surface area contributed by atoms with Crippen molar-refractivity contribution in [2.75, 3.05) is 52.0 Å². The first-order valence-corrected chi connectivity index (χ1v) is 8.98. The summed E-state index contributed by atoms with van der Waals surface area (Å²) in [6, 6.07) is 4.06. The molecule has 6 heteroatoms. The number of anilines is 1. The zero-order valence-corrected chi connectivity index (χ0v) is 14.8. The minimum atomic E-state index is 0.0770. The maximum Gasteiger partial charge on any atom is 0.255 e. The fraction of sp³-hybridized carbons (Fsp3) is 0.667. The second kappa shape index (κ2) is 7.49. The maximum absolute atomic E-state index is 12.6. The highest BCUT2D eigenvalue weighted by Crippen LogP contribution is 2.25. The van der Waals surface area contributed by atoms with Gasteiger partial charge in [0.2, 0.25) is 0 Å². The molecule has 3 heterocycles. The number of nitrogen functional groups attached to an aromatic ring is 1. The standard InChI is InChI=1S/C18H29N5O/c1-14(22-11-9-21(2)10-12-22)15-5-7-23(8-6-15)18(24)16-3-4-17(19)20-13-16/h3-4,13-15H,5-12H2,1-2H3,(H2,19,20)/t14-/m1/s1. The van der Waals surface area contributed by atoms with Crippen molar-refractivity contribution in [1.29, 1.82) is 0 Å². The fourth-order valence-electron chi connectivity index (χ4n) is 3.83. The van der Waals surface area contributed by atoms with Crippen LogP contribution in [0, 0.1) is 5.92 Å². The lowest BCUT2D eigenvalue weighted by molar-refractivity contribution is 0.0500. The van der Waals surface area contributed by atoms with Crippen LogP contribution >= 0.6 is 0 Å². The zero-order chi connectivity index (χ0) is 17.1. The van der Waals surface area contributed by atoms with E-state index in [-0.39, 0.29) is 5.91 Å². The molecule has 1 aromatic heterocycles. The first-order valence-electron chi connectivity index (χ1n) is 8.98. The van der Waals surface area contributed by atoms with Gasteiger partial charge in [-0.1, -0.05) is 0 Å². The van der Waals surface area contributed by atoms with Gasteiger partial charge >= 0.3 is 0 Å². The Morgan fingerprint density at radius 2 is 1.83 bits per heavy atom. The predicted octanol–water partition coefficient (Wildman–Crippen LogP) is 1.15. The lowest BCUT2D eigenvalue weighted by Crippen LogP contribution is -2.52. The van der Waals surface area contributed by atoms with E-state index >= 15 is 0 Å². The molecule has 3 rings (SSSR count). The Bertz CT molecular complexity index is 545. The molecule has 0 bridgehead atoms. The van der Waals surface area contributed by atoms with E-state index in [0.717, 1.165) is 52.1 Å². The van der Waals surface area contributed by atoms with Crippen LogP contribution in [-0.4, -0.2) is 77.9 Å². The van der Waals surface area contributed by atoms with Gasteiger partial charge in [-0.3, -0.25) is 9.69 Å². The Labute approximate surface area is 144 Å². The molecule has 2 N–H and O–H groups in total. The van der Waals surface area contributed by atoms with E-state index in [1.54, 1.807) is 18.3 Å². The number of aromatic nitrogens is 1. The first-order chi connectivity index (χ1) is 11.5. The second-order valence-electron chi connectivity index (χ2n) is 7.18. The third kappa shape index (κ3) is 3.87. The summed E-state index contributed by atoms with van der Waals surface area (Å²) in [6.45, 7) is 8.68. The van der Waals surface area contributed by atoms with Gasteiger partial charge in [-0.15, -0.1) is 0 Å². The number of hydrogen-bond acceptors (Lipinski definition) is 5. The largest absolute Gasteiger partial charge is 0.384 e. The minimum Gasteiger partial charge on any atom is -0.384 e. The molecule has 2 saturated heterocycles. The van der Waals surface area contributed by atoms with Gasteiger partial charge in [-0.05, 0) is 44.9 Å². The Morgan fingerprint density at radius 3 is 2.42 bits per heavy atom. The van der Waals surface area contributed by atoms with Gasteiger partial charge in [0, 0.05) is 51.5 Å². The normalized spacial score (nSPS) is 22.5. The van der Waals surface area contributed by atoms with Crippen LogP contribution in [-0.2, 0) is 0 Å². The molecule has 0 aliphatic carbocycles. The molecule has 1 aromatic rings. The Hall–Kier alpha value is -1.66. The summed E-state index contributed by atoms with van der Waals surface area (Å²) in [5.41, 5.74) is 6.23. The SMILES string of the molecule is C[C@H](C1CCN(C(=O)c2ccc(N)nc2)CC1)N1CCN(C)CC1. The molecule has 1 amide bonds. The highest BCUT2D eigenvalue weighted by atomic mass is 16.2. The van der Waals surface area contributed by atoms with Gasteiger partial charge in [0.05, 0.1) is 5.56 Å². The highest BCUT2D eigenvalue weighted by molar-refractivity contribution is 5.94. The molecule has 1 atom stereocenters. The molecule has 0 unspecified atom stereocenters. The number of nitrogens with two attached hydrogens (primary N) is 1. The van der Waals surface area contributed by atoms with Crippen LogP contribution in [0.25, 0.3) is 0 Å². The highest BCUT2D eigenvalue weighted by Gasteiger charge is 2.30. The summed E-state index contributed by atoms with van der Waals surface area (Å²) in [5.74, 6) is 1.21. The molecule has 0 aromatic carbocycles. The molecule has 24 heavy (non-hydrogen) atoms. The topological polar surface area (TPSA) is 65.7 Å². The van der Waals surface area contributed by atoms with Crippen LogP contribution in [0.5, 0.6) is 0 Å². The van der Waals surface area contributed by atoms with Gasteiger partial charge < -0.3 is 15.5 Å². The molecular formula is C18H29N5O. The van der Waals surface area contributed by atoms with Gasteiger partial charge in [0.1, 0.15) is 5.82 Å². The zero-order valence-electron chi connectivity index (χ0n) is 14.8. The van der Waals surface area contributed by atoms with E-state index in [1.807, 2.05) is 4.90 Å². The van der Waals surface area contributed by atoms with Crippen molar-refractivity contribution in [3.8, 4) is 0 Å². The smallest absolute Gasteiger partial charge is 0.255 e. The van der Waals surface area contributed by atoms with Crippen molar-refractivity contribution in [3.63, 3.8) is 0 Å². The molecule has 0 spiro atoms. The number of carbonyl (C=O) groups excluding carboxylic acids is 1. The number of piperazine rings is 1. The van der Waals surface area contributed by atoms with Crippen molar-refractivity contribution >= 4 is 11.7 Å². The monoisotopic (exact) mass is 331 g/mol. The molecule has 2 aliphatic rings. The average molecular weight is 331 g/mol. The summed E-state index contributed by atoms with van der Waals surface area (Å²) in [5, 5.41) is 0. The molecule has 6 nitrogen and oxygen atoms in total. The molecular weight excluding hydrogens is 302 g/mol. The molecule has 2 fully saturated rings. The maximum atomic E-state index is 12.6. The third-order valence-corrected chi connectivity index (χ3v) is 5.66. The van der Waals surface area contributed by atoms with Crippen molar-refractivity contribution in [1.82, 2.24) is 19.7 Å². The van der Waals surface area contributed by atoms with Crippen LogP contribution in [0.15, 0.2) is 18.3 Å². The Kier molecular flexibility index (Phi) is 5.36. The number of likely N-dealkylation sites (tertiary alicyclic amines) is 1. The van der Waals surface area contributed by atoms with Crippen molar-refractivity contribution in [2.45, 2.75) is 25.8 Å². The van der Waals surface area contributed by atoms with Crippen LogP contribution < -0.4 is 5.73 Å². The van der Waals surface area contributed by atoms with E-state index in [0.29, 0.717) is 23.3 Å². The van der Waals surface area contributed by atoms with Crippen molar-refractivity contribution < 1.29 is 4.79 Å². The lowest BCUT2D eigenvalue weighted by atomic mass is 9.89. The Balaban J connectivity index is 1.51. The fourth-order valence-corrected chi connectivity index (χ4v) is 3.83. The number of nitrogens with zero attached hydrogens (tertiary/aromatic N) is 4. The summed E-state index contributed by atoms with van der Waals surface area (Å²) in [7, 11) is 2.19. The van der Waals surface area contributed by atoms with Crippen LogP contribution in [0.2, 0.25) is 0 Å². The third-order valence-electron chi connectivity index (χ3n) is 5.66. The van der Waals surface area contributed by atoms with Crippen LogP contribution in [0.4, 0.5) is 5.82 Å². The van der Waals surface area contributed by atoms with E-state index in [2.05, 4.69) is 28.8 Å². The second-order valence-corrected chi connectivity index (χ2v) is 7.18. The number of pyridine rings is 1. The van der Waals surface area contributed by atoms with Gasteiger partial charge in [0.15, 0.2) is 0 Å². The Morgan fingerprint density at radius 1 is 1.17 bits per heavy atom. The molecule has 0 radical (unpaired) electrons. The summed E-state index contributed by atoms with van der Waals surface area (Å²) < 4.78 is 0. The lowest BCUT2D eigenvalue weighted by Gasteiger charge is -2.42. The first kappa shape index (κ1) is 17.2. The molecule has 132 valence electrons.